The van der Waals surface area contributed by atoms with E-state index in [9.17, 15) is 13.2 Å². The molecule has 1 aliphatic heterocycles. The third-order valence-electron chi connectivity index (χ3n) is 3.61. The SMILES string of the molecule is CCOC(=O)CN1c2cc(Cl)cc(Cl)c2-c2ccccc2S1(=O)=O. The summed E-state index contributed by atoms with van der Waals surface area (Å²) in [4.78, 5) is 12.0. The van der Waals surface area contributed by atoms with E-state index in [2.05, 4.69) is 0 Å². The minimum absolute atomic E-state index is 0.0889. The smallest absolute Gasteiger partial charge is 0.326 e. The van der Waals surface area contributed by atoms with Crippen LogP contribution in [0.5, 0.6) is 0 Å². The van der Waals surface area contributed by atoms with Crippen molar-refractivity contribution in [1.29, 1.82) is 0 Å². The molecular weight excluding hydrogens is 373 g/mol. The Morgan fingerprint density at radius 1 is 1.21 bits per heavy atom. The lowest BCUT2D eigenvalue weighted by atomic mass is 10.0. The van der Waals surface area contributed by atoms with Crippen molar-refractivity contribution in [2.75, 3.05) is 17.5 Å². The molecule has 0 radical (unpaired) electrons. The van der Waals surface area contributed by atoms with Crippen LogP contribution in [0.25, 0.3) is 11.1 Å². The first kappa shape index (κ1) is 17.1. The molecule has 0 fully saturated rings. The van der Waals surface area contributed by atoms with Gasteiger partial charge in [-0.25, -0.2) is 8.42 Å². The summed E-state index contributed by atoms with van der Waals surface area (Å²) in [6.45, 7) is 1.36. The summed E-state index contributed by atoms with van der Waals surface area (Å²) in [5, 5.41) is 0.593. The Morgan fingerprint density at radius 2 is 1.92 bits per heavy atom. The molecule has 5 nitrogen and oxygen atoms in total. The minimum Gasteiger partial charge on any atom is -0.465 e. The topological polar surface area (TPSA) is 63.7 Å². The lowest BCUT2D eigenvalue weighted by Crippen LogP contribution is -2.39. The van der Waals surface area contributed by atoms with Crippen LogP contribution in [0.3, 0.4) is 0 Å². The van der Waals surface area contributed by atoms with Gasteiger partial charge in [0.1, 0.15) is 6.54 Å². The van der Waals surface area contributed by atoms with Gasteiger partial charge in [0, 0.05) is 16.1 Å². The third kappa shape index (κ3) is 2.75. The second-order valence-corrected chi connectivity index (χ2v) is 7.77. The molecule has 0 N–H and O–H groups in total. The first-order valence-electron chi connectivity index (χ1n) is 7.13. The van der Waals surface area contributed by atoms with Crippen LogP contribution in [-0.2, 0) is 19.6 Å². The van der Waals surface area contributed by atoms with E-state index in [1.807, 2.05) is 0 Å². The monoisotopic (exact) mass is 385 g/mol. The molecule has 0 spiro atoms. The maximum Gasteiger partial charge on any atom is 0.326 e. The normalized spacial score (nSPS) is 14.7. The Morgan fingerprint density at radius 3 is 2.62 bits per heavy atom. The van der Waals surface area contributed by atoms with Crippen LogP contribution in [0.4, 0.5) is 5.69 Å². The van der Waals surface area contributed by atoms with E-state index >= 15 is 0 Å². The number of rotatable bonds is 3. The quantitative estimate of drug-likeness (QED) is 0.754. The van der Waals surface area contributed by atoms with Crippen LogP contribution in [0.1, 0.15) is 6.92 Å². The maximum absolute atomic E-state index is 13.0. The number of benzene rings is 2. The Bertz CT molecular complexity index is 928. The third-order valence-corrected chi connectivity index (χ3v) is 5.94. The Balaban J connectivity index is 2.27. The highest BCUT2D eigenvalue weighted by Crippen LogP contribution is 2.47. The van der Waals surface area contributed by atoms with Crippen molar-refractivity contribution >= 4 is 44.9 Å². The van der Waals surface area contributed by atoms with Gasteiger partial charge in [-0.2, -0.15) is 0 Å². The van der Waals surface area contributed by atoms with E-state index in [0.29, 0.717) is 16.1 Å². The van der Waals surface area contributed by atoms with E-state index in [4.69, 9.17) is 27.9 Å². The Kier molecular flexibility index (Phi) is 4.46. The van der Waals surface area contributed by atoms with Crippen molar-refractivity contribution in [2.24, 2.45) is 0 Å². The van der Waals surface area contributed by atoms with Gasteiger partial charge in [-0.05, 0) is 25.1 Å². The van der Waals surface area contributed by atoms with Crippen molar-refractivity contribution in [3.63, 3.8) is 0 Å². The predicted molar refractivity (Wildman–Crippen MR) is 93.1 cm³/mol. The number of sulfonamides is 1. The molecule has 0 atom stereocenters. The number of anilines is 1. The van der Waals surface area contributed by atoms with Crippen LogP contribution < -0.4 is 4.31 Å². The lowest BCUT2D eigenvalue weighted by Gasteiger charge is -2.32. The molecule has 0 aliphatic carbocycles. The predicted octanol–water partition coefficient (Wildman–Crippen LogP) is 3.73. The van der Waals surface area contributed by atoms with E-state index in [-0.39, 0.29) is 22.2 Å². The van der Waals surface area contributed by atoms with E-state index in [1.165, 1.54) is 12.1 Å². The summed E-state index contributed by atoms with van der Waals surface area (Å²) < 4.78 is 31.8. The molecule has 1 aliphatic rings. The molecular formula is C16H13Cl2NO4S. The fourth-order valence-corrected chi connectivity index (χ4v) is 4.86. The van der Waals surface area contributed by atoms with Crippen molar-refractivity contribution in [3.05, 3.63) is 46.4 Å². The van der Waals surface area contributed by atoms with E-state index < -0.39 is 22.5 Å². The average Bonchev–Trinajstić information content (AvgIpc) is 2.51. The fourth-order valence-electron chi connectivity index (χ4n) is 2.66. The Labute approximate surface area is 149 Å². The van der Waals surface area contributed by atoms with Crippen LogP contribution in [-0.4, -0.2) is 27.5 Å². The maximum atomic E-state index is 13.0. The van der Waals surface area contributed by atoms with E-state index in [1.54, 1.807) is 31.2 Å². The van der Waals surface area contributed by atoms with Crippen LogP contribution in [0.2, 0.25) is 10.0 Å². The molecule has 0 bridgehead atoms. The number of fused-ring (bicyclic) bond motifs is 3. The van der Waals surface area contributed by atoms with Gasteiger partial charge in [0.2, 0.25) is 0 Å². The van der Waals surface area contributed by atoms with Crippen molar-refractivity contribution in [2.45, 2.75) is 11.8 Å². The number of nitrogens with zero attached hydrogens (tertiary/aromatic N) is 1. The highest BCUT2D eigenvalue weighted by Gasteiger charge is 2.37. The average molecular weight is 386 g/mol. The number of hydrogen-bond acceptors (Lipinski definition) is 4. The van der Waals surface area contributed by atoms with Crippen molar-refractivity contribution < 1.29 is 17.9 Å². The Hall–Kier alpha value is -1.76. The number of esters is 1. The number of carbonyl (C=O) groups is 1. The number of hydrogen-bond donors (Lipinski definition) is 0. The summed E-state index contributed by atoms with van der Waals surface area (Å²) in [6.07, 6.45) is 0. The molecule has 2 aromatic rings. The van der Waals surface area contributed by atoms with Gasteiger partial charge in [0.25, 0.3) is 10.0 Å². The zero-order valence-electron chi connectivity index (χ0n) is 12.6. The molecule has 2 aromatic carbocycles. The summed E-state index contributed by atoms with van der Waals surface area (Å²) in [6, 6.07) is 9.52. The first-order chi connectivity index (χ1) is 11.4. The summed E-state index contributed by atoms with van der Waals surface area (Å²) in [7, 11) is -3.93. The van der Waals surface area contributed by atoms with Crippen LogP contribution >= 0.6 is 23.2 Å². The van der Waals surface area contributed by atoms with Gasteiger partial charge in [0.05, 0.1) is 22.2 Å². The van der Waals surface area contributed by atoms with Crippen molar-refractivity contribution in [1.82, 2.24) is 0 Å². The van der Waals surface area contributed by atoms with Gasteiger partial charge >= 0.3 is 5.97 Å². The van der Waals surface area contributed by atoms with Crippen molar-refractivity contribution in [3.8, 4) is 11.1 Å². The van der Waals surface area contributed by atoms with Gasteiger partial charge in [-0.1, -0.05) is 41.4 Å². The zero-order valence-corrected chi connectivity index (χ0v) is 15.0. The fraction of sp³-hybridized carbons (Fsp3) is 0.188. The minimum atomic E-state index is -3.93. The van der Waals surface area contributed by atoms with Crippen LogP contribution in [0.15, 0.2) is 41.3 Å². The molecule has 126 valence electrons. The molecule has 0 unspecified atom stereocenters. The molecule has 1 heterocycles. The molecule has 8 heteroatoms. The summed E-state index contributed by atoms with van der Waals surface area (Å²) in [5.41, 5.74) is 1.27. The van der Waals surface area contributed by atoms with Gasteiger partial charge in [0.15, 0.2) is 0 Å². The highest BCUT2D eigenvalue weighted by molar-refractivity contribution is 7.93. The van der Waals surface area contributed by atoms with Gasteiger partial charge < -0.3 is 4.74 Å². The molecule has 3 rings (SSSR count). The standard InChI is InChI=1S/C16H13Cl2NO4S/c1-2-23-15(20)9-19-13-8-10(17)7-12(18)16(13)11-5-3-4-6-14(11)24(19,21)22/h3-8H,2,9H2,1H3. The van der Waals surface area contributed by atoms with Crippen LogP contribution in [0, 0.1) is 0 Å². The molecule has 24 heavy (non-hydrogen) atoms. The molecule has 0 saturated heterocycles. The lowest BCUT2D eigenvalue weighted by molar-refractivity contribution is -0.141. The zero-order chi connectivity index (χ0) is 17.5. The van der Waals surface area contributed by atoms with E-state index in [0.717, 1.165) is 4.31 Å². The molecule has 0 amide bonds. The second kappa shape index (κ2) is 6.27. The van der Waals surface area contributed by atoms with Gasteiger partial charge in [-0.3, -0.25) is 9.10 Å². The number of ether oxygens (including phenoxy) is 1. The molecule has 0 saturated carbocycles. The number of halogens is 2. The summed E-state index contributed by atoms with van der Waals surface area (Å²) >= 11 is 12.4. The first-order valence-corrected chi connectivity index (χ1v) is 9.32. The second-order valence-electron chi connectivity index (χ2n) is 5.09. The highest BCUT2D eigenvalue weighted by atomic mass is 35.5. The number of carbonyl (C=O) groups excluding carboxylic acids is 1. The largest absolute Gasteiger partial charge is 0.465 e. The molecule has 0 aromatic heterocycles. The van der Waals surface area contributed by atoms with Gasteiger partial charge in [-0.15, -0.1) is 0 Å². The summed E-state index contributed by atoms with van der Waals surface area (Å²) in [5.74, 6) is -0.650.